The SMILES string of the molecule is CN(C(=O)OC(C)(C)C)N(S(=O)O)S(=O)O. The zero-order valence-electron chi connectivity index (χ0n) is 9.24. The summed E-state index contributed by atoms with van der Waals surface area (Å²) in [6.45, 7) is 4.78. The van der Waals surface area contributed by atoms with Gasteiger partial charge in [0.15, 0.2) is 0 Å². The van der Waals surface area contributed by atoms with Crippen LogP contribution in [0.25, 0.3) is 0 Å². The maximum atomic E-state index is 11.4. The van der Waals surface area contributed by atoms with E-state index in [1.807, 2.05) is 0 Å². The minimum atomic E-state index is -2.80. The summed E-state index contributed by atoms with van der Waals surface area (Å²) in [7, 11) is 1.04. The molecule has 0 spiro atoms. The van der Waals surface area contributed by atoms with Crippen molar-refractivity contribution in [2.24, 2.45) is 0 Å². The van der Waals surface area contributed by atoms with E-state index in [0.29, 0.717) is 5.01 Å². The lowest BCUT2D eigenvalue weighted by Gasteiger charge is -2.27. The van der Waals surface area contributed by atoms with E-state index in [9.17, 15) is 13.2 Å². The predicted molar refractivity (Wildman–Crippen MR) is 57.4 cm³/mol. The maximum absolute atomic E-state index is 11.4. The molecule has 0 aliphatic rings. The maximum Gasteiger partial charge on any atom is 0.426 e. The van der Waals surface area contributed by atoms with Crippen LogP contribution >= 0.6 is 0 Å². The van der Waals surface area contributed by atoms with Crippen LogP contribution in [0.3, 0.4) is 0 Å². The molecule has 0 aliphatic carbocycles. The van der Waals surface area contributed by atoms with Crippen molar-refractivity contribution in [2.45, 2.75) is 26.4 Å². The van der Waals surface area contributed by atoms with Gasteiger partial charge >= 0.3 is 6.09 Å². The minimum absolute atomic E-state index is 0.0497. The zero-order valence-corrected chi connectivity index (χ0v) is 10.9. The van der Waals surface area contributed by atoms with E-state index in [0.717, 1.165) is 7.05 Å². The van der Waals surface area contributed by atoms with Crippen molar-refractivity contribution in [3.63, 3.8) is 0 Å². The molecule has 1 amide bonds. The smallest absolute Gasteiger partial charge is 0.426 e. The Hall–Kier alpha value is -0.550. The minimum Gasteiger partial charge on any atom is -0.443 e. The third kappa shape index (κ3) is 4.99. The van der Waals surface area contributed by atoms with Crippen LogP contribution in [0.15, 0.2) is 0 Å². The van der Waals surface area contributed by atoms with Crippen molar-refractivity contribution >= 4 is 28.6 Å². The molecule has 96 valence electrons. The lowest BCUT2D eigenvalue weighted by molar-refractivity contribution is 0.0110. The Kier molecular flexibility index (Phi) is 5.49. The predicted octanol–water partition coefficient (Wildman–Crippen LogP) is 0.344. The number of ether oxygens (including phenoxy) is 1. The van der Waals surface area contributed by atoms with Crippen molar-refractivity contribution < 1.29 is 27.1 Å². The van der Waals surface area contributed by atoms with Gasteiger partial charge in [-0.05, 0) is 20.8 Å². The average Bonchev–Trinajstić information content (AvgIpc) is 1.98. The standard InChI is InChI=1S/C6H14N2O6S2/c1-6(2,3)14-5(9)7(4)8(15(10)11)16(12)13/h1-4H3,(H,10,11)(H,12,13). The summed E-state index contributed by atoms with van der Waals surface area (Å²) in [5.74, 6) is 0. The Bertz CT molecular complexity index is 301. The van der Waals surface area contributed by atoms with Crippen LogP contribution in [0, 0.1) is 0 Å². The fraction of sp³-hybridized carbons (Fsp3) is 0.833. The molecule has 0 aromatic heterocycles. The van der Waals surface area contributed by atoms with E-state index in [-0.39, 0.29) is 3.82 Å². The summed E-state index contributed by atoms with van der Waals surface area (Å²) in [5.41, 5.74) is -0.815. The molecule has 2 unspecified atom stereocenters. The monoisotopic (exact) mass is 274 g/mol. The van der Waals surface area contributed by atoms with Crippen molar-refractivity contribution in [2.75, 3.05) is 7.05 Å². The number of amides is 1. The molecule has 0 aliphatic heterocycles. The van der Waals surface area contributed by atoms with Gasteiger partial charge in [-0.1, -0.05) is 0 Å². The Balaban J connectivity index is 4.76. The Morgan fingerprint density at radius 3 is 1.81 bits per heavy atom. The van der Waals surface area contributed by atoms with Gasteiger partial charge in [0.05, 0.1) is 0 Å². The molecule has 16 heavy (non-hydrogen) atoms. The molecule has 0 heterocycles. The van der Waals surface area contributed by atoms with Crippen LogP contribution in [0.2, 0.25) is 0 Å². The number of rotatable bonds is 3. The number of carbonyl (C=O) groups excluding carboxylic acids is 1. The van der Waals surface area contributed by atoms with Crippen LogP contribution in [0.1, 0.15) is 20.8 Å². The first-order valence-corrected chi connectivity index (χ1v) is 6.17. The van der Waals surface area contributed by atoms with E-state index in [1.54, 1.807) is 20.8 Å². The summed E-state index contributed by atoms with van der Waals surface area (Å²) >= 11 is -5.61. The first-order chi connectivity index (χ1) is 7.06. The summed E-state index contributed by atoms with van der Waals surface area (Å²) in [6, 6.07) is 0. The number of hydrogen-bond donors (Lipinski definition) is 2. The first-order valence-electron chi connectivity index (χ1n) is 4.05. The molecule has 2 atom stereocenters. The van der Waals surface area contributed by atoms with E-state index in [4.69, 9.17) is 13.8 Å². The van der Waals surface area contributed by atoms with Crippen LogP contribution in [0.5, 0.6) is 0 Å². The highest BCUT2D eigenvalue weighted by atomic mass is 32.3. The fourth-order valence-electron chi connectivity index (χ4n) is 0.659. The number of nitrogens with zero attached hydrogens (tertiary/aromatic N) is 2. The first kappa shape index (κ1) is 15.4. The summed E-state index contributed by atoms with van der Waals surface area (Å²) in [4.78, 5) is 11.4. The molecule has 8 nitrogen and oxygen atoms in total. The third-order valence-electron chi connectivity index (χ3n) is 1.17. The van der Waals surface area contributed by atoms with Crippen molar-refractivity contribution in [1.29, 1.82) is 0 Å². The quantitative estimate of drug-likeness (QED) is 0.567. The van der Waals surface area contributed by atoms with Crippen molar-refractivity contribution in [3.8, 4) is 0 Å². The average molecular weight is 274 g/mol. The molecule has 0 rings (SSSR count). The summed E-state index contributed by atoms with van der Waals surface area (Å²) in [5, 5.41) is 0.456. The van der Waals surface area contributed by atoms with Gasteiger partial charge in [0, 0.05) is 10.9 Å². The molecule has 0 aromatic carbocycles. The molecule has 0 radical (unpaired) electrons. The normalized spacial score (nSPS) is 15.7. The third-order valence-corrected chi connectivity index (χ3v) is 2.96. The van der Waals surface area contributed by atoms with Gasteiger partial charge in [-0.25, -0.2) is 18.2 Å². The Morgan fingerprint density at radius 2 is 1.56 bits per heavy atom. The van der Waals surface area contributed by atoms with Gasteiger partial charge in [0.25, 0.3) is 22.5 Å². The van der Waals surface area contributed by atoms with E-state index >= 15 is 0 Å². The Labute approximate surface area is 98.4 Å². The molecule has 0 fully saturated rings. The van der Waals surface area contributed by atoms with E-state index < -0.39 is 34.2 Å². The van der Waals surface area contributed by atoms with Crippen molar-refractivity contribution in [1.82, 2.24) is 8.83 Å². The van der Waals surface area contributed by atoms with Crippen LogP contribution in [0.4, 0.5) is 4.79 Å². The molecule has 0 saturated heterocycles. The van der Waals surface area contributed by atoms with Crippen molar-refractivity contribution in [3.05, 3.63) is 0 Å². The topological polar surface area (TPSA) is 107 Å². The second-order valence-corrected chi connectivity index (χ2v) is 5.55. The lowest BCUT2D eigenvalue weighted by Crippen LogP contribution is -2.47. The second-order valence-electron chi connectivity index (χ2n) is 3.70. The van der Waals surface area contributed by atoms with Crippen LogP contribution in [-0.2, 0) is 27.3 Å². The molecule has 2 N–H and O–H groups in total. The van der Waals surface area contributed by atoms with E-state index in [2.05, 4.69) is 0 Å². The fourth-order valence-corrected chi connectivity index (χ4v) is 1.65. The largest absolute Gasteiger partial charge is 0.443 e. The van der Waals surface area contributed by atoms with Gasteiger partial charge in [-0.2, -0.15) is 0 Å². The highest BCUT2D eigenvalue weighted by Gasteiger charge is 2.30. The molecular weight excluding hydrogens is 260 g/mol. The van der Waals surface area contributed by atoms with Gasteiger partial charge in [0.2, 0.25) is 0 Å². The summed E-state index contributed by atoms with van der Waals surface area (Å²) < 4.78 is 43.7. The van der Waals surface area contributed by atoms with E-state index in [1.165, 1.54) is 0 Å². The molecule has 0 aromatic rings. The molecule has 10 heteroatoms. The molecule has 0 saturated carbocycles. The Morgan fingerprint density at radius 1 is 1.19 bits per heavy atom. The van der Waals surface area contributed by atoms with Gasteiger partial charge in [0.1, 0.15) is 5.60 Å². The van der Waals surface area contributed by atoms with Crippen LogP contribution in [-0.4, -0.2) is 45.1 Å². The highest BCUT2D eigenvalue weighted by molar-refractivity contribution is 7.92. The number of hydrazine groups is 1. The highest BCUT2D eigenvalue weighted by Crippen LogP contribution is 2.11. The van der Waals surface area contributed by atoms with Gasteiger partial charge in [-0.15, -0.1) is 0 Å². The van der Waals surface area contributed by atoms with Crippen LogP contribution < -0.4 is 0 Å². The summed E-state index contributed by atoms with van der Waals surface area (Å²) in [6.07, 6.45) is -1.02. The number of carbonyl (C=O) groups is 1. The molecule has 0 bridgehead atoms. The molecular formula is C6H14N2O6S2. The number of hydrogen-bond acceptors (Lipinski definition) is 4. The van der Waals surface area contributed by atoms with Gasteiger partial charge in [-0.3, -0.25) is 9.11 Å². The van der Waals surface area contributed by atoms with Gasteiger partial charge < -0.3 is 4.74 Å². The zero-order chi connectivity index (χ0) is 13.1. The second kappa shape index (κ2) is 5.68. The lowest BCUT2D eigenvalue weighted by atomic mass is 10.2.